The molecule has 0 unspecified atom stereocenters. The summed E-state index contributed by atoms with van der Waals surface area (Å²) in [7, 11) is 0. The molecular formula is C17H35NO. The van der Waals surface area contributed by atoms with Crippen LogP contribution in [-0.4, -0.2) is 24.3 Å². The predicted octanol–water partition coefficient (Wildman–Crippen LogP) is 3.98. The molecule has 1 saturated carbocycles. The predicted molar refractivity (Wildman–Crippen MR) is 83.3 cm³/mol. The van der Waals surface area contributed by atoms with Crippen LogP contribution >= 0.6 is 0 Å². The maximum atomic E-state index is 9.78. The zero-order valence-corrected chi connectivity index (χ0v) is 13.5. The number of hydrogen-bond acceptors (Lipinski definition) is 2. The Morgan fingerprint density at radius 3 is 1.89 bits per heavy atom. The van der Waals surface area contributed by atoms with Crippen molar-refractivity contribution < 1.29 is 5.11 Å². The van der Waals surface area contributed by atoms with Gasteiger partial charge in [-0.1, -0.05) is 47.0 Å². The lowest BCUT2D eigenvalue weighted by molar-refractivity contribution is 0.0764. The average Bonchev–Trinajstić information content (AvgIpc) is 2.36. The van der Waals surface area contributed by atoms with Gasteiger partial charge in [-0.2, -0.15) is 0 Å². The van der Waals surface area contributed by atoms with E-state index in [-0.39, 0.29) is 5.41 Å². The van der Waals surface area contributed by atoms with Crippen molar-refractivity contribution in [2.45, 2.75) is 78.7 Å². The van der Waals surface area contributed by atoms with E-state index in [0.717, 1.165) is 18.4 Å². The summed E-state index contributed by atoms with van der Waals surface area (Å²) in [4.78, 5) is 0. The monoisotopic (exact) mass is 269 g/mol. The zero-order chi connectivity index (χ0) is 14.3. The second kappa shape index (κ2) is 8.26. The van der Waals surface area contributed by atoms with Gasteiger partial charge in [-0.15, -0.1) is 0 Å². The van der Waals surface area contributed by atoms with Gasteiger partial charge in [0.1, 0.15) is 0 Å². The lowest BCUT2D eigenvalue weighted by Gasteiger charge is -2.37. The number of nitrogens with one attached hydrogen (secondary N) is 1. The first-order chi connectivity index (χ1) is 8.97. The standard InChI is InChI=1S/C17H35NO/c1-14(2)10-16(11-15(3)4)18-12-17(13-19)8-6-5-7-9-17/h14-16,18-19H,5-13H2,1-4H3. The molecule has 0 atom stereocenters. The topological polar surface area (TPSA) is 32.3 Å². The summed E-state index contributed by atoms with van der Waals surface area (Å²) < 4.78 is 0. The largest absolute Gasteiger partial charge is 0.396 e. The van der Waals surface area contributed by atoms with Crippen LogP contribution in [0.3, 0.4) is 0 Å². The van der Waals surface area contributed by atoms with E-state index < -0.39 is 0 Å². The van der Waals surface area contributed by atoms with Crippen molar-refractivity contribution in [2.24, 2.45) is 17.3 Å². The maximum Gasteiger partial charge on any atom is 0.0499 e. The molecule has 2 heteroatoms. The van der Waals surface area contributed by atoms with Crippen LogP contribution in [0.2, 0.25) is 0 Å². The van der Waals surface area contributed by atoms with Gasteiger partial charge in [0, 0.05) is 24.6 Å². The molecule has 1 fully saturated rings. The van der Waals surface area contributed by atoms with Gasteiger partial charge < -0.3 is 10.4 Å². The molecule has 0 amide bonds. The number of rotatable bonds is 8. The maximum absolute atomic E-state index is 9.78. The minimum absolute atomic E-state index is 0.171. The first kappa shape index (κ1) is 17.0. The minimum Gasteiger partial charge on any atom is -0.396 e. The molecule has 0 aromatic rings. The highest BCUT2D eigenvalue weighted by atomic mass is 16.3. The van der Waals surface area contributed by atoms with E-state index in [0.29, 0.717) is 12.6 Å². The van der Waals surface area contributed by atoms with Crippen LogP contribution < -0.4 is 5.32 Å². The van der Waals surface area contributed by atoms with Gasteiger partial charge in [0.15, 0.2) is 0 Å². The third kappa shape index (κ3) is 6.27. The van der Waals surface area contributed by atoms with Crippen molar-refractivity contribution in [3.05, 3.63) is 0 Å². The van der Waals surface area contributed by atoms with Crippen LogP contribution in [0.5, 0.6) is 0 Å². The number of hydrogen-bond donors (Lipinski definition) is 2. The van der Waals surface area contributed by atoms with E-state index >= 15 is 0 Å². The molecule has 0 bridgehead atoms. The average molecular weight is 269 g/mol. The Kier molecular flexibility index (Phi) is 7.38. The van der Waals surface area contributed by atoms with Gasteiger partial charge >= 0.3 is 0 Å². The van der Waals surface area contributed by atoms with Crippen LogP contribution in [-0.2, 0) is 0 Å². The first-order valence-corrected chi connectivity index (χ1v) is 8.32. The fourth-order valence-electron chi connectivity index (χ4n) is 3.45. The van der Waals surface area contributed by atoms with Crippen LogP contribution in [0.25, 0.3) is 0 Å². The smallest absolute Gasteiger partial charge is 0.0499 e. The van der Waals surface area contributed by atoms with Gasteiger partial charge in [-0.3, -0.25) is 0 Å². The van der Waals surface area contributed by atoms with Crippen LogP contribution in [0.4, 0.5) is 0 Å². The van der Waals surface area contributed by atoms with E-state index in [1.807, 2.05) is 0 Å². The SMILES string of the molecule is CC(C)CC(CC(C)C)NCC1(CO)CCCCC1. The second-order valence-electron chi connectivity index (χ2n) is 7.56. The summed E-state index contributed by atoms with van der Waals surface area (Å²) in [6.07, 6.45) is 8.84. The first-order valence-electron chi connectivity index (χ1n) is 8.32. The van der Waals surface area contributed by atoms with Crippen molar-refractivity contribution in [1.29, 1.82) is 0 Å². The third-order valence-electron chi connectivity index (χ3n) is 4.53. The Bertz CT molecular complexity index is 221. The second-order valence-corrected chi connectivity index (χ2v) is 7.56. The lowest BCUT2D eigenvalue weighted by atomic mass is 9.74. The molecule has 1 rings (SSSR count). The van der Waals surface area contributed by atoms with E-state index in [9.17, 15) is 5.11 Å². The van der Waals surface area contributed by atoms with Gasteiger partial charge in [-0.05, 0) is 37.5 Å². The molecule has 0 aromatic heterocycles. The van der Waals surface area contributed by atoms with Gasteiger partial charge in [0.2, 0.25) is 0 Å². The molecule has 0 saturated heterocycles. The Morgan fingerprint density at radius 1 is 0.947 bits per heavy atom. The molecular weight excluding hydrogens is 234 g/mol. The highest BCUT2D eigenvalue weighted by molar-refractivity contribution is 4.86. The van der Waals surface area contributed by atoms with Crippen LogP contribution in [0.1, 0.15) is 72.6 Å². The van der Waals surface area contributed by atoms with Crippen molar-refractivity contribution in [3.63, 3.8) is 0 Å². The molecule has 1 aliphatic rings. The Balaban J connectivity index is 2.48. The van der Waals surface area contributed by atoms with E-state index in [2.05, 4.69) is 33.0 Å². The molecule has 0 aromatic carbocycles. The molecule has 0 radical (unpaired) electrons. The highest BCUT2D eigenvalue weighted by Gasteiger charge is 2.31. The highest BCUT2D eigenvalue weighted by Crippen LogP contribution is 2.35. The van der Waals surface area contributed by atoms with E-state index in [1.54, 1.807) is 0 Å². The van der Waals surface area contributed by atoms with Crippen molar-refractivity contribution in [3.8, 4) is 0 Å². The molecule has 0 heterocycles. The van der Waals surface area contributed by atoms with Crippen molar-refractivity contribution in [2.75, 3.05) is 13.2 Å². The Labute approximate surface area is 120 Å². The van der Waals surface area contributed by atoms with Gasteiger partial charge in [-0.25, -0.2) is 0 Å². The van der Waals surface area contributed by atoms with Gasteiger partial charge in [0.25, 0.3) is 0 Å². The molecule has 114 valence electrons. The van der Waals surface area contributed by atoms with Crippen molar-refractivity contribution in [1.82, 2.24) is 5.32 Å². The quantitative estimate of drug-likeness (QED) is 0.698. The summed E-state index contributed by atoms with van der Waals surface area (Å²) in [5, 5.41) is 13.6. The van der Waals surface area contributed by atoms with Crippen molar-refractivity contribution >= 4 is 0 Å². The molecule has 2 N–H and O–H groups in total. The van der Waals surface area contributed by atoms with Crippen LogP contribution in [0.15, 0.2) is 0 Å². The molecule has 2 nitrogen and oxygen atoms in total. The molecule has 0 aliphatic heterocycles. The summed E-state index contributed by atoms with van der Waals surface area (Å²) in [6, 6.07) is 0.616. The lowest BCUT2D eigenvalue weighted by Crippen LogP contribution is -2.44. The summed E-state index contributed by atoms with van der Waals surface area (Å²) >= 11 is 0. The zero-order valence-electron chi connectivity index (χ0n) is 13.5. The Morgan fingerprint density at radius 2 is 1.47 bits per heavy atom. The van der Waals surface area contributed by atoms with Crippen LogP contribution in [0, 0.1) is 17.3 Å². The normalized spacial score (nSPS) is 19.6. The Hall–Kier alpha value is -0.0800. The van der Waals surface area contributed by atoms with Gasteiger partial charge in [0.05, 0.1) is 0 Å². The molecule has 1 aliphatic carbocycles. The summed E-state index contributed by atoms with van der Waals surface area (Å²) in [5.41, 5.74) is 0.171. The number of aliphatic hydroxyl groups excluding tert-OH is 1. The minimum atomic E-state index is 0.171. The fourth-order valence-corrected chi connectivity index (χ4v) is 3.45. The summed E-state index contributed by atoms with van der Waals surface area (Å²) in [6.45, 7) is 10.6. The van der Waals surface area contributed by atoms with E-state index in [4.69, 9.17) is 0 Å². The fraction of sp³-hybridized carbons (Fsp3) is 1.00. The number of aliphatic hydroxyl groups is 1. The van der Waals surface area contributed by atoms with E-state index in [1.165, 1.54) is 44.9 Å². The molecule has 19 heavy (non-hydrogen) atoms. The third-order valence-corrected chi connectivity index (χ3v) is 4.53. The molecule has 0 spiro atoms. The summed E-state index contributed by atoms with van der Waals surface area (Å²) in [5.74, 6) is 1.49.